The number of likely N-dealkylation sites (N-methyl/N-ethyl adjacent to an activating group) is 1. The molecular weight excluding hydrogens is 463 g/mol. The van der Waals surface area contributed by atoms with Gasteiger partial charge in [-0.05, 0) is 32.2 Å². The van der Waals surface area contributed by atoms with Crippen molar-refractivity contribution in [3.8, 4) is 11.1 Å². The number of ether oxygens (including phenoxy) is 1. The van der Waals surface area contributed by atoms with E-state index in [1.807, 2.05) is 4.90 Å². The molecule has 0 aliphatic carbocycles. The van der Waals surface area contributed by atoms with Crippen LogP contribution in [-0.2, 0) is 11.8 Å². The number of piperazine rings is 1. The van der Waals surface area contributed by atoms with Crippen LogP contribution in [0.25, 0.3) is 11.1 Å². The molecule has 2 fully saturated rings. The van der Waals surface area contributed by atoms with Crippen LogP contribution < -0.4 is 15.1 Å². The maximum absolute atomic E-state index is 15.5. The van der Waals surface area contributed by atoms with Crippen molar-refractivity contribution in [3.63, 3.8) is 0 Å². The van der Waals surface area contributed by atoms with E-state index in [1.165, 1.54) is 6.07 Å². The first kappa shape index (κ1) is 24.1. The number of benzene rings is 1. The van der Waals surface area contributed by atoms with Crippen LogP contribution in [0.2, 0.25) is 0 Å². The summed E-state index contributed by atoms with van der Waals surface area (Å²) in [6.45, 7) is 7.12. The molecule has 3 aromatic rings. The second-order valence-electron chi connectivity index (χ2n) is 9.32. The van der Waals surface area contributed by atoms with Gasteiger partial charge >= 0.3 is 0 Å². The maximum Gasteiger partial charge on any atom is 0.276 e. The van der Waals surface area contributed by atoms with Crippen molar-refractivity contribution in [2.45, 2.75) is 13.0 Å². The van der Waals surface area contributed by atoms with Crippen LogP contribution >= 0.6 is 0 Å². The lowest BCUT2D eigenvalue weighted by molar-refractivity contribution is 0.102. The highest BCUT2D eigenvalue weighted by atomic mass is 19.1. The lowest BCUT2D eigenvalue weighted by Gasteiger charge is -2.39. The Morgan fingerprint density at radius 3 is 2.50 bits per heavy atom. The van der Waals surface area contributed by atoms with E-state index in [2.05, 4.69) is 44.2 Å². The summed E-state index contributed by atoms with van der Waals surface area (Å²) in [6, 6.07) is 5.11. The van der Waals surface area contributed by atoms with E-state index < -0.39 is 5.82 Å². The average molecular weight is 495 g/mol. The molecule has 5 rings (SSSR count). The van der Waals surface area contributed by atoms with E-state index in [-0.39, 0.29) is 5.91 Å². The number of hydrogen-bond acceptors (Lipinski definition) is 8. The summed E-state index contributed by atoms with van der Waals surface area (Å²) in [4.78, 5) is 28.3. The molecule has 2 aliphatic rings. The van der Waals surface area contributed by atoms with Gasteiger partial charge in [-0.3, -0.25) is 9.48 Å². The van der Waals surface area contributed by atoms with Gasteiger partial charge in [-0.1, -0.05) is 0 Å². The molecule has 1 amide bonds. The van der Waals surface area contributed by atoms with Gasteiger partial charge in [-0.2, -0.15) is 5.10 Å². The lowest BCUT2D eigenvalue weighted by atomic mass is 10.0. The number of halogens is 1. The third-order valence-electron chi connectivity index (χ3n) is 6.82. The van der Waals surface area contributed by atoms with Crippen molar-refractivity contribution < 1.29 is 13.9 Å². The largest absolute Gasteiger partial charge is 0.378 e. The fourth-order valence-corrected chi connectivity index (χ4v) is 4.52. The highest BCUT2D eigenvalue weighted by Crippen LogP contribution is 2.35. The molecule has 0 saturated carbocycles. The fourth-order valence-electron chi connectivity index (χ4n) is 4.52. The minimum Gasteiger partial charge on any atom is -0.378 e. The van der Waals surface area contributed by atoms with Crippen LogP contribution in [0, 0.1) is 5.82 Å². The highest BCUT2D eigenvalue weighted by molar-refractivity contribution is 6.05. The van der Waals surface area contributed by atoms with Gasteiger partial charge < -0.3 is 24.8 Å². The van der Waals surface area contributed by atoms with E-state index in [0.717, 1.165) is 32.7 Å². The Kier molecular flexibility index (Phi) is 6.84. The Morgan fingerprint density at radius 1 is 1.08 bits per heavy atom. The molecule has 11 heteroatoms. The van der Waals surface area contributed by atoms with Crippen molar-refractivity contribution in [1.82, 2.24) is 24.6 Å². The molecule has 1 N–H and O–H groups in total. The number of amides is 1. The van der Waals surface area contributed by atoms with Crippen LogP contribution in [-0.4, -0.2) is 89.6 Å². The minimum atomic E-state index is -0.393. The molecule has 2 aliphatic heterocycles. The number of carbonyl (C=O) groups excluding carboxylic acids is 1. The molecule has 4 heterocycles. The Balaban J connectivity index is 1.48. The van der Waals surface area contributed by atoms with Gasteiger partial charge in [0, 0.05) is 75.5 Å². The van der Waals surface area contributed by atoms with Crippen LogP contribution in [0.3, 0.4) is 0 Å². The summed E-state index contributed by atoms with van der Waals surface area (Å²) in [5.74, 6) is -0.153. The van der Waals surface area contributed by atoms with Crippen LogP contribution in [0.4, 0.5) is 21.7 Å². The van der Waals surface area contributed by atoms with Gasteiger partial charge in [0.25, 0.3) is 5.91 Å². The van der Waals surface area contributed by atoms with Gasteiger partial charge in [0.15, 0.2) is 5.69 Å². The zero-order valence-corrected chi connectivity index (χ0v) is 20.8. The molecule has 1 atom stereocenters. The molecule has 1 aromatic carbocycles. The number of carbonyl (C=O) groups is 1. The number of nitrogens with zero attached hydrogens (tertiary/aromatic N) is 7. The number of nitrogens with one attached hydrogen (secondary N) is 1. The number of morpholine rings is 1. The third kappa shape index (κ3) is 5.02. The molecule has 1 unspecified atom stereocenters. The zero-order valence-electron chi connectivity index (χ0n) is 20.8. The minimum absolute atomic E-state index is 0.291. The van der Waals surface area contributed by atoms with E-state index in [0.29, 0.717) is 53.4 Å². The van der Waals surface area contributed by atoms with Gasteiger partial charge in [-0.25, -0.2) is 14.4 Å². The molecular formula is C25H31FN8O2. The summed E-state index contributed by atoms with van der Waals surface area (Å²) < 4.78 is 22.5. The predicted molar refractivity (Wildman–Crippen MR) is 136 cm³/mol. The topological polar surface area (TPSA) is 91.7 Å². The Bertz CT molecular complexity index is 1230. The first-order chi connectivity index (χ1) is 17.4. The summed E-state index contributed by atoms with van der Waals surface area (Å²) in [7, 11) is 3.83. The van der Waals surface area contributed by atoms with Crippen molar-refractivity contribution >= 4 is 23.2 Å². The van der Waals surface area contributed by atoms with Gasteiger partial charge in [-0.15, -0.1) is 0 Å². The van der Waals surface area contributed by atoms with Gasteiger partial charge in [0.2, 0.25) is 5.95 Å². The number of hydrogen-bond donors (Lipinski definition) is 1. The smallest absolute Gasteiger partial charge is 0.276 e. The molecule has 0 radical (unpaired) electrons. The quantitative estimate of drug-likeness (QED) is 0.578. The Morgan fingerprint density at radius 2 is 1.83 bits per heavy atom. The van der Waals surface area contributed by atoms with Gasteiger partial charge in [0.05, 0.1) is 24.6 Å². The van der Waals surface area contributed by atoms with E-state index in [9.17, 15) is 4.79 Å². The number of rotatable bonds is 5. The van der Waals surface area contributed by atoms with E-state index >= 15 is 4.39 Å². The Hall–Kier alpha value is -3.57. The fraction of sp³-hybridized carbons (Fsp3) is 0.440. The molecule has 0 bridgehead atoms. The average Bonchev–Trinajstić information content (AvgIpc) is 3.33. The summed E-state index contributed by atoms with van der Waals surface area (Å²) >= 11 is 0. The molecule has 190 valence electrons. The summed E-state index contributed by atoms with van der Waals surface area (Å²) in [5.41, 5.74) is 2.32. The number of aromatic nitrogens is 4. The van der Waals surface area contributed by atoms with Gasteiger partial charge in [0.1, 0.15) is 5.82 Å². The molecule has 2 saturated heterocycles. The van der Waals surface area contributed by atoms with Crippen LogP contribution in [0.5, 0.6) is 0 Å². The van der Waals surface area contributed by atoms with Crippen LogP contribution in [0.15, 0.2) is 36.8 Å². The normalized spacial score (nSPS) is 18.9. The molecule has 10 nitrogen and oxygen atoms in total. The van der Waals surface area contributed by atoms with Crippen LogP contribution in [0.1, 0.15) is 17.4 Å². The monoisotopic (exact) mass is 494 g/mol. The zero-order chi connectivity index (χ0) is 25.2. The standard InChI is InChI=1S/C25H31FN8O2/c1-17-16-34(7-6-31(17)2)23-13-20(26)19(12-22(23)29-24(35)21-4-5-32(3)30-21)18-14-27-25(28-15-18)33-8-10-36-11-9-33/h4-5,12-15,17H,6-11,16H2,1-3H3,(H,29,35). The van der Waals surface area contributed by atoms with Crippen molar-refractivity contribution in [2.24, 2.45) is 7.05 Å². The molecule has 0 spiro atoms. The summed E-state index contributed by atoms with van der Waals surface area (Å²) in [5, 5.41) is 7.16. The number of aryl methyl sites for hydroxylation is 1. The third-order valence-corrected chi connectivity index (χ3v) is 6.82. The number of anilines is 3. The van der Waals surface area contributed by atoms with Crippen molar-refractivity contribution in [2.75, 3.05) is 68.1 Å². The summed E-state index contributed by atoms with van der Waals surface area (Å²) in [6.07, 6.45) is 4.96. The molecule has 36 heavy (non-hydrogen) atoms. The van der Waals surface area contributed by atoms with Crippen molar-refractivity contribution in [1.29, 1.82) is 0 Å². The lowest BCUT2D eigenvalue weighted by Crippen LogP contribution is -2.50. The van der Waals surface area contributed by atoms with Crippen molar-refractivity contribution in [3.05, 3.63) is 48.3 Å². The maximum atomic E-state index is 15.5. The Labute approximate surface area is 209 Å². The second kappa shape index (κ2) is 10.2. The highest BCUT2D eigenvalue weighted by Gasteiger charge is 2.25. The molecule has 2 aromatic heterocycles. The van der Waals surface area contributed by atoms with E-state index in [4.69, 9.17) is 4.74 Å². The predicted octanol–water partition coefficient (Wildman–Crippen LogP) is 2.25. The second-order valence-corrected chi connectivity index (χ2v) is 9.32. The SMILES string of the molecule is CC1CN(c2cc(F)c(-c3cnc(N4CCOCC4)nc3)cc2NC(=O)c2ccn(C)n2)CCN1C. The first-order valence-electron chi connectivity index (χ1n) is 12.1. The first-order valence-corrected chi connectivity index (χ1v) is 12.1. The van der Waals surface area contributed by atoms with E-state index in [1.54, 1.807) is 42.5 Å².